The molecule has 2 amide bonds. The molecule has 0 saturated carbocycles. The van der Waals surface area contributed by atoms with E-state index in [-0.39, 0.29) is 29.0 Å². The highest BCUT2D eigenvalue weighted by Gasteiger charge is 2.39. The molecule has 140 valence electrons. The van der Waals surface area contributed by atoms with Gasteiger partial charge in [0, 0.05) is 6.92 Å². The van der Waals surface area contributed by atoms with Gasteiger partial charge >= 0.3 is 5.97 Å². The van der Waals surface area contributed by atoms with Crippen LogP contribution >= 0.6 is 0 Å². The van der Waals surface area contributed by atoms with Gasteiger partial charge in [-0.1, -0.05) is 34.5 Å². The summed E-state index contributed by atoms with van der Waals surface area (Å²) in [5, 5.41) is 4.16. The van der Waals surface area contributed by atoms with Crippen molar-refractivity contribution in [1.82, 2.24) is 15.2 Å². The van der Waals surface area contributed by atoms with E-state index in [2.05, 4.69) is 10.1 Å². The molecular formula is C19H13N3O6. The Labute approximate surface area is 158 Å². The number of hydroxylamine groups is 2. The molecule has 0 bridgehead atoms. The lowest BCUT2D eigenvalue weighted by atomic mass is 10.1. The Kier molecular flexibility index (Phi) is 4.32. The van der Waals surface area contributed by atoms with Crippen LogP contribution in [-0.4, -0.2) is 33.0 Å². The van der Waals surface area contributed by atoms with E-state index >= 15 is 0 Å². The molecule has 0 atom stereocenters. The van der Waals surface area contributed by atoms with Gasteiger partial charge in [0.2, 0.25) is 11.7 Å². The Balaban J connectivity index is 1.51. The molecule has 28 heavy (non-hydrogen) atoms. The van der Waals surface area contributed by atoms with Gasteiger partial charge in [0.25, 0.3) is 11.8 Å². The topological polar surface area (TPSA) is 112 Å². The molecule has 0 saturated heterocycles. The van der Waals surface area contributed by atoms with E-state index in [1.807, 2.05) is 0 Å². The molecule has 4 rings (SSSR count). The zero-order chi connectivity index (χ0) is 19.7. The highest BCUT2D eigenvalue weighted by molar-refractivity contribution is 6.21. The molecular weight excluding hydrogens is 366 g/mol. The van der Waals surface area contributed by atoms with Gasteiger partial charge < -0.3 is 14.1 Å². The molecule has 0 spiro atoms. The van der Waals surface area contributed by atoms with Crippen LogP contribution in [0.4, 0.5) is 0 Å². The molecule has 0 radical (unpaired) electrons. The Morgan fingerprint density at radius 2 is 1.68 bits per heavy atom. The lowest BCUT2D eigenvalue weighted by Crippen LogP contribution is -2.32. The fourth-order valence-electron chi connectivity index (χ4n) is 2.69. The van der Waals surface area contributed by atoms with Gasteiger partial charge in [-0.15, -0.1) is 0 Å². The van der Waals surface area contributed by atoms with Crippen molar-refractivity contribution in [2.45, 2.75) is 13.5 Å². The highest BCUT2D eigenvalue weighted by Crippen LogP contribution is 2.25. The van der Waals surface area contributed by atoms with E-state index in [1.165, 1.54) is 18.2 Å². The monoisotopic (exact) mass is 379 g/mol. The van der Waals surface area contributed by atoms with E-state index in [0.717, 1.165) is 0 Å². The number of para-hydroxylation sites is 1. The SMILES string of the molecule is Cc1nc(COc2ccccc2C(=O)ON2C(=O)c3ccccc3C2=O)no1. The molecule has 0 N–H and O–H groups in total. The molecule has 9 heteroatoms. The lowest BCUT2D eigenvalue weighted by molar-refractivity contribution is -0.0586. The summed E-state index contributed by atoms with van der Waals surface area (Å²) >= 11 is 0. The van der Waals surface area contributed by atoms with Gasteiger partial charge in [-0.3, -0.25) is 9.59 Å². The average molecular weight is 379 g/mol. The largest absolute Gasteiger partial charge is 0.485 e. The van der Waals surface area contributed by atoms with Gasteiger partial charge in [0.1, 0.15) is 11.3 Å². The number of amides is 2. The molecule has 0 unspecified atom stereocenters. The molecule has 2 heterocycles. The third-order valence-electron chi connectivity index (χ3n) is 3.96. The number of rotatable bonds is 5. The molecule has 0 fully saturated rings. The van der Waals surface area contributed by atoms with E-state index in [4.69, 9.17) is 14.1 Å². The Morgan fingerprint density at radius 3 is 2.32 bits per heavy atom. The van der Waals surface area contributed by atoms with Crippen LogP contribution in [0, 0.1) is 6.92 Å². The van der Waals surface area contributed by atoms with Crippen LogP contribution in [0.5, 0.6) is 5.75 Å². The second-order valence-electron chi connectivity index (χ2n) is 5.84. The van der Waals surface area contributed by atoms with Gasteiger partial charge in [-0.2, -0.15) is 4.98 Å². The standard InChI is InChI=1S/C19H13N3O6/c1-11-20-16(21-27-11)10-26-15-9-5-4-8-14(15)19(25)28-22-17(23)12-6-2-3-7-13(12)18(22)24/h2-9H,10H2,1H3. The van der Waals surface area contributed by atoms with Crippen LogP contribution in [0.15, 0.2) is 53.1 Å². The summed E-state index contributed by atoms with van der Waals surface area (Å²) in [5.74, 6) is -1.43. The number of fused-ring (bicyclic) bond motifs is 1. The van der Waals surface area contributed by atoms with Crippen LogP contribution < -0.4 is 4.74 Å². The lowest BCUT2D eigenvalue weighted by Gasteiger charge is -2.14. The first-order valence-electron chi connectivity index (χ1n) is 8.25. The van der Waals surface area contributed by atoms with Crippen LogP contribution in [0.1, 0.15) is 42.8 Å². The number of ether oxygens (including phenoxy) is 1. The maximum absolute atomic E-state index is 12.6. The number of hydrogen-bond donors (Lipinski definition) is 0. The molecule has 3 aromatic rings. The second-order valence-corrected chi connectivity index (χ2v) is 5.84. The van der Waals surface area contributed by atoms with Crippen LogP contribution in [-0.2, 0) is 11.4 Å². The van der Waals surface area contributed by atoms with Crippen molar-refractivity contribution in [3.63, 3.8) is 0 Å². The second kappa shape index (κ2) is 6.95. The zero-order valence-corrected chi connectivity index (χ0v) is 14.6. The van der Waals surface area contributed by atoms with Gasteiger partial charge in [0.15, 0.2) is 6.61 Å². The first kappa shape index (κ1) is 17.4. The number of hydrogen-bond acceptors (Lipinski definition) is 8. The van der Waals surface area contributed by atoms with Gasteiger partial charge in [-0.05, 0) is 24.3 Å². The van der Waals surface area contributed by atoms with E-state index in [9.17, 15) is 14.4 Å². The smallest absolute Gasteiger partial charge is 0.367 e. The summed E-state index contributed by atoms with van der Waals surface area (Å²) in [4.78, 5) is 46.3. The van der Waals surface area contributed by atoms with Crippen molar-refractivity contribution in [3.05, 3.63) is 76.9 Å². The zero-order valence-electron chi connectivity index (χ0n) is 14.6. The predicted molar refractivity (Wildman–Crippen MR) is 92.2 cm³/mol. The minimum atomic E-state index is -0.908. The maximum atomic E-state index is 12.6. The quantitative estimate of drug-likeness (QED) is 0.621. The first-order chi connectivity index (χ1) is 13.5. The minimum absolute atomic E-state index is 0.0331. The number of aryl methyl sites for hydroxylation is 1. The summed E-state index contributed by atoms with van der Waals surface area (Å²) in [6.07, 6.45) is 0. The van der Waals surface area contributed by atoms with Crippen molar-refractivity contribution < 1.29 is 28.5 Å². The Hall–Kier alpha value is -4.01. The highest BCUT2D eigenvalue weighted by atomic mass is 16.7. The van der Waals surface area contributed by atoms with Crippen molar-refractivity contribution >= 4 is 17.8 Å². The fraction of sp³-hybridized carbons (Fsp3) is 0.105. The minimum Gasteiger partial charge on any atom is -0.485 e. The van der Waals surface area contributed by atoms with Crippen molar-refractivity contribution in [2.24, 2.45) is 0 Å². The normalized spacial score (nSPS) is 12.8. The predicted octanol–water partition coefficient (Wildman–Crippen LogP) is 2.33. The van der Waals surface area contributed by atoms with E-state index < -0.39 is 17.8 Å². The Morgan fingerprint density at radius 1 is 1.04 bits per heavy atom. The average Bonchev–Trinajstić information content (AvgIpc) is 3.23. The summed E-state index contributed by atoms with van der Waals surface area (Å²) < 4.78 is 10.4. The third kappa shape index (κ3) is 3.09. The van der Waals surface area contributed by atoms with E-state index in [1.54, 1.807) is 37.3 Å². The number of nitrogens with zero attached hydrogens (tertiary/aromatic N) is 3. The third-order valence-corrected chi connectivity index (χ3v) is 3.96. The van der Waals surface area contributed by atoms with Crippen molar-refractivity contribution in [3.8, 4) is 5.75 Å². The summed E-state index contributed by atoms with van der Waals surface area (Å²) in [5.41, 5.74) is 0.397. The van der Waals surface area contributed by atoms with Crippen molar-refractivity contribution in [1.29, 1.82) is 0 Å². The van der Waals surface area contributed by atoms with Crippen LogP contribution in [0.3, 0.4) is 0 Å². The molecule has 1 aromatic heterocycles. The first-order valence-corrected chi connectivity index (χ1v) is 8.25. The summed E-state index contributed by atoms with van der Waals surface area (Å²) in [7, 11) is 0. The number of carbonyl (C=O) groups is 3. The van der Waals surface area contributed by atoms with Crippen LogP contribution in [0.2, 0.25) is 0 Å². The molecule has 9 nitrogen and oxygen atoms in total. The van der Waals surface area contributed by atoms with E-state index in [0.29, 0.717) is 16.8 Å². The maximum Gasteiger partial charge on any atom is 0.367 e. The van der Waals surface area contributed by atoms with Crippen LogP contribution in [0.25, 0.3) is 0 Å². The Bertz CT molecular complexity index is 1060. The fourth-order valence-corrected chi connectivity index (χ4v) is 2.69. The van der Waals surface area contributed by atoms with Crippen molar-refractivity contribution in [2.75, 3.05) is 0 Å². The van der Waals surface area contributed by atoms with Gasteiger partial charge in [-0.25, -0.2) is 4.79 Å². The number of aromatic nitrogens is 2. The molecule has 2 aromatic carbocycles. The number of imide groups is 1. The molecule has 0 aliphatic carbocycles. The number of benzene rings is 2. The summed E-state index contributed by atoms with van der Waals surface area (Å²) in [6.45, 7) is 1.61. The summed E-state index contributed by atoms with van der Waals surface area (Å²) in [6, 6.07) is 12.5. The number of carbonyl (C=O) groups excluding carboxylic acids is 3. The molecule has 1 aliphatic heterocycles. The molecule has 1 aliphatic rings. The van der Waals surface area contributed by atoms with Gasteiger partial charge in [0.05, 0.1) is 11.1 Å².